The van der Waals surface area contributed by atoms with E-state index in [9.17, 15) is 23.8 Å². The van der Waals surface area contributed by atoms with Crippen LogP contribution >= 0.6 is 0 Å². The zero-order valence-electron chi connectivity index (χ0n) is 16.9. The number of aromatic nitrogens is 2. The summed E-state index contributed by atoms with van der Waals surface area (Å²) in [6, 6.07) is 6.25. The molecule has 2 aromatic heterocycles. The molecule has 2 heterocycles. The fraction of sp³-hybridized carbons (Fsp3) is 0.286. The number of ether oxygens (including phenoxy) is 1. The second-order valence-electron chi connectivity index (χ2n) is 7.39. The Morgan fingerprint density at radius 3 is 2.58 bits per heavy atom. The highest BCUT2D eigenvalue weighted by Crippen LogP contribution is 2.28. The second-order valence-corrected chi connectivity index (χ2v) is 7.39. The van der Waals surface area contributed by atoms with Crippen LogP contribution in [0.2, 0.25) is 0 Å². The summed E-state index contributed by atoms with van der Waals surface area (Å²) in [6.45, 7) is 2.54. The second kappa shape index (κ2) is 9.19. The van der Waals surface area contributed by atoms with Gasteiger partial charge in [-0.2, -0.15) is 0 Å². The number of aliphatic hydroxyl groups excluding tert-OH is 2. The van der Waals surface area contributed by atoms with Gasteiger partial charge in [-0.3, -0.25) is 4.79 Å². The predicted molar refractivity (Wildman–Crippen MR) is 105 cm³/mol. The molecule has 0 radical (unpaired) electrons. The number of hydrogen-bond acceptors (Lipinski definition) is 7. The van der Waals surface area contributed by atoms with E-state index in [-0.39, 0.29) is 41.7 Å². The van der Waals surface area contributed by atoms with E-state index in [1.165, 1.54) is 24.4 Å². The highest BCUT2D eigenvalue weighted by Gasteiger charge is 2.21. The van der Waals surface area contributed by atoms with Crippen LogP contribution in [0.15, 0.2) is 41.1 Å². The van der Waals surface area contributed by atoms with E-state index in [1.807, 2.05) is 0 Å². The molecule has 0 unspecified atom stereocenters. The van der Waals surface area contributed by atoms with Gasteiger partial charge in [0.15, 0.2) is 17.4 Å². The van der Waals surface area contributed by atoms with E-state index < -0.39 is 29.7 Å². The number of benzene rings is 1. The van der Waals surface area contributed by atoms with Crippen molar-refractivity contribution in [1.29, 1.82) is 0 Å². The van der Waals surface area contributed by atoms with Gasteiger partial charge < -0.3 is 24.8 Å². The molecule has 0 aliphatic rings. The fourth-order valence-electron chi connectivity index (χ4n) is 2.65. The molecule has 10 heteroatoms. The summed E-state index contributed by atoms with van der Waals surface area (Å²) in [4.78, 5) is 16.3. The number of nitrogens with zero attached hydrogens (tertiary/aromatic N) is 2. The highest BCUT2D eigenvalue weighted by molar-refractivity contribution is 5.94. The van der Waals surface area contributed by atoms with Crippen LogP contribution in [0.1, 0.15) is 35.5 Å². The minimum atomic E-state index is -1.04. The molecule has 0 fully saturated rings. The minimum Gasteiger partial charge on any atom is -0.473 e. The molecule has 0 aliphatic carbocycles. The molecular weight excluding hydrogens is 412 g/mol. The highest BCUT2D eigenvalue weighted by atomic mass is 19.2. The lowest BCUT2D eigenvalue weighted by Crippen LogP contribution is -2.46. The van der Waals surface area contributed by atoms with Gasteiger partial charge in [0.25, 0.3) is 5.91 Å². The van der Waals surface area contributed by atoms with Crippen LogP contribution in [0.25, 0.3) is 11.3 Å². The van der Waals surface area contributed by atoms with Crippen molar-refractivity contribution in [2.24, 2.45) is 0 Å². The fourth-order valence-corrected chi connectivity index (χ4v) is 2.65. The first-order valence-electron chi connectivity index (χ1n) is 9.30. The normalized spacial score (nSPS) is 11.4. The Morgan fingerprint density at radius 2 is 1.97 bits per heavy atom. The Labute approximate surface area is 176 Å². The summed E-state index contributed by atoms with van der Waals surface area (Å²) >= 11 is 0. The van der Waals surface area contributed by atoms with Crippen LogP contribution in [-0.4, -0.2) is 38.4 Å². The van der Waals surface area contributed by atoms with Crippen LogP contribution in [0.5, 0.6) is 5.88 Å². The van der Waals surface area contributed by atoms with E-state index in [2.05, 4.69) is 15.5 Å². The molecule has 1 aromatic carbocycles. The molecule has 8 nitrogen and oxygen atoms in total. The zero-order valence-corrected chi connectivity index (χ0v) is 16.9. The molecule has 3 N–H and O–H groups in total. The monoisotopic (exact) mass is 433 g/mol. The molecule has 0 atom stereocenters. The maximum absolute atomic E-state index is 13.6. The third-order valence-corrected chi connectivity index (χ3v) is 4.42. The van der Waals surface area contributed by atoms with Gasteiger partial charge >= 0.3 is 0 Å². The number of pyridine rings is 1. The van der Waals surface area contributed by atoms with Crippen LogP contribution in [0, 0.1) is 11.6 Å². The zero-order chi connectivity index (χ0) is 22.6. The van der Waals surface area contributed by atoms with Crippen LogP contribution in [-0.2, 0) is 13.2 Å². The molecule has 164 valence electrons. The Bertz CT molecular complexity index is 1070. The Hall–Kier alpha value is -3.37. The van der Waals surface area contributed by atoms with Crippen molar-refractivity contribution in [3.63, 3.8) is 0 Å². The molecular formula is C21H21F2N3O5. The SMILES string of the molecule is CC(C)(CO)NC(=O)c1ccc(OCc2c(-c3ccc(F)c(F)c3)noc2CO)nc1. The van der Waals surface area contributed by atoms with Crippen molar-refractivity contribution in [3.8, 4) is 17.1 Å². The summed E-state index contributed by atoms with van der Waals surface area (Å²) < 4.78 is 37.5. The average molecular weight is 433 g/mol. The summed E-state index contributed by atoms with van der Waals surface area (Å²) in [5.41, 5.74) is 0.300. The topological polar surface area (TPSA) is 118 Å². The molecule has 0 spiro atoms. The first-order valence-corrected chi connectivity index (χ1v) is 9.30. The standard InChI is InChI=1S/C21H21F2N3O5/c1-21(2,11-28)25-20(29)13-4-6-18(24-8-13)30-10-14-17(9-27)31-26-19(14)12-3-5-15(22)16(23)7-12/h3-8,27-28H,9-11H2,1-2H3,(H,25,29). The van der Waals surface area contributed by atoms with Gasteiger partial charge in [-0.1, -0.05) is 5.16 Å². The summed E-state index contributed by atoms with van der Waals surface area (Å²) in [5, 5.41) is 25.2. The number of amides is 1. The van der Waals surface area contributed by atoms with E-state index in [1.54, 1.807) is 13.8 Å². The molecule has 3 rings (SSSR count). The van der Waals surface area contributed by atoms with Gasteiger partial charge in [0.2, 0.25) is 5.88 Å². The number of halogens is 2. The molecule has 0 aliphatic heterocycles. The number of hydrogen-bond donors (Lipinski definition) is 3. The summed E-state index contributed by atoms with van der Waals surface area (Å²) in [7, 11) is 0. The predicted octanol–water partition coefficient (Wildman–Crippen LogP) is 2.59. The number of carbonyl (C=O) groups excluding carboxylic acids is 1. The third-order valence-electron chi connectivity index (χ3n) is 4.42. The van der Waals surface area contributed by atoms with E-state index >= 15 is 0 Å². The van der Waals surface area contributed by atoms with Gasteiger partial charge in [-0.15, -0.1) is 0 Å². The lowest BCUT2D eigenvalue weighted by molar-refractivity contribution is 0.0869. The smallest absolute Gasteiger partial charge is 0.253 e. The Kier molecular flexibility index (Phi) is 6.62. The van der Waals surface area contributed by atoms with Crippen molar-refractivity contribution in [2.75, 3.05) is 6.61 Å². The van der Waals surface area contributed by atoms with Crippen molar-refractivity contribution in [2.45, 2.75) is 32.6 Å². The van der Waals surface area contributed by atoms with Gasteiger partial charge in [-0.25, -0.2) is 13.8 Å². The largest absolute Gasteiger partial charge is 0.473 e. The maximum Gasteiger partial charge on any atom is 0.253 e. The Morgan fingerprint density at radius 1 is 1.19 bits per heavy atom. The van der Waals surface area contributed by atoms with Crippen LogP contribution < -0.4 is 10.1 Å². The maximum atomic E-state index is 13.6. The first kappa shape index (κ1) is 22.3. The summed E-state index contributed by atoms with van der Waals surface area (Å²) in [5.74, 6) is -2.15. The number of nitrogens with one attached hydrogen (secondary N) is 1. The molecule has 3 aromatic rings. The molecule has 0 bridgehead atoms. The molecule has 0 saturated carbocycles. The van der Waals surface area contributed by atoms with Crippen LogP contribution in [0.4, 0.5) is 8.78 Å². The van der Waals surface area contributed by atoms with Crippen LogP contribution in [0.3, 0.4) is 0 Å². The van der Waals surface area contributed by atoms with Crippen molar-refractivity contribution >= 4 is 5.91 Å². The third kappa shape index (κ3) is 5.22. The number of carbonyl (C=O) groups is 1. The summed E-state index contributed by atoms with van der Waals surface area (Å²) in [6.07, 6.45) is 1.31. The van der Waals surface area contributed by atoms with E-state index in [0.717, 1.165) is 12.1 Å². The van der Waals surface area contributed by atoms with Crippen molar-refractivity contribution in [3.05, 3.63) is 65.1 Å². The van der Waals surface area contributed by atoms with E-state index in [4.69, 9.17) is 9.26 Å². The number of rotatable bonds is 8. The quantitative estimate of drug-likeness (QED) is 0.500. The number of aliphatic hydroxyl groups is 2. The van der Waals surface area contributed by atoms with Gasteiger partial charge in [0.1, 0.15) is 18.9 Å². The molecule has 1 amide bonds. The average Bonchev–Trinajstić information content (AvgIpc) is 3.17. The molecule has 0 saturated heterocycles. The van der Waals surface area contributed by atoms with Gasteiger partial charge in [-0.05, 0) is 38.1 Å². The first-order chi connectivity index (χ1) is 14.7. The van der Waals surface area contributed by atoms with Crippen molar-refractivity contribution in [1.82, 2.24) is 15.5 Å². The minimum absolute atomic E-state index is 0.113. The van der Waals surface area contributed by atoms with Gasteiger partial charge in [0, 0.05) is 17.8 Å². The molecule has 31 heavy (non-hydrogen) atoms. The lowest BCUT2D eigenvalue weighted by atomic mass is 10.1. The van der Waals surface area contributed by atoms with E-state index in [0.29, 0.717) is 5.56 Å². The van der Waals surface area contributed by atoms with Crippen molar-refractivity contribution < 1.29 is 33.0 Å². The van der Waals surface area contributed by atoms with Gasteiger partial charge in [0.05, 0.1) is 23.3 Å². The lowest BCUT2D eigenvalue weighted by Gasteiger charge is -2.23. The Balaban J connectivity index is 1.75.